The summed E-state index contributed by atoms with van der Waals surface area (Å²) >= 11 is 0. The number of hydrogen-bond acceptors (Lipinski definition) is 1. The molecule has 3 nitrogen and oxygen atoms in total. The van der Waals surface area contributed by atoms with Crippen molar-refractivity contribution in [2.45, 2.75) is 0 Å². The average molecular weight is 66.0 g/mol. The smallest absolute Gasteiger partial charge is 0.183 e. The number of hydrogen-bond donors (Lipinski definition) is 3. The Hall–Kier alpha value is -0.133. The van der Waals surface area contributed by atoms with Crippen LogP contribution in [-0.4, -0.2) is 24.8 Å². The van der Waals surface area contributed by atoms with Crippen molar-refractivity contribution in [3.8, 4) is 0 Å². The van der Waals surface area contributed by atoms with Gasteiger partial charge in [0, 0.05) is 18.9 Å². The zero-order valence-electron chi connectivity index (χ0n) is 3.15. The molecule has 0 aliphatic carbocycles. The Bertz CT molecular complexity index is 29.9. The van der Waals surface area contributed by atoms with Crippen LogP contribution in [-0.2, 0) is 0 Å². The minimum absolute atomic E-state index is 0. The molecule has 5 N–H and O–H groups in total. The van der Waals surface area contributed by atoms with Crippen molar-refractivity contribution in [2.24, 2.45) is 11.5 Å². The van der Waals surface area contributed by atoms with Crippen LogP contribution < -0.4 is 11.5 Å². The zero-order chi connectivity index (χ0) is 3.58. The molecule has 0 saturated heterocycles. The maximum absolute atomic E-state index is 6.06. The molecule has 0 aromatic carbocycles. The van der Waals surface area contributed by atoms with Crippen molar-refractivity contribution < 1.29 is 0 Å². The van der Waals surface area contributed by atoms with Crippen LogP contribution in [0.4, 0.5) is 0 Å². The Morgan fingerprint density at radius 2 is 1.40 bits per heavy atom. The average Bonchev–Trinajstić information content (AvgIpc) is 0.811. The van der Waals surface area contributed by atoms with Gasteiger partial charge in [-0.25, -0.2) is 0 Å². The van der Waals surface area contributed by atoms with E-state index < -0.39 is 0 Å². The molecule has 0 spiro atoms. The van der Waals surface area contributed by atoms with Gasteiger partial charge in [-0.05, 0) is 0 Å². The molecule has 0 atom stereocenters. The Morgan fingerprint density at radius 1 is 1.40 bits per heavy atom. The van der Waals surface area contributed by atoms with Crippen LogP contribution in [0.5, 0.6) is 0 Å². The monoisotopic (exact) mass is 66.1 g/mol. The van der Waals surface area contributed by atoms with Crippen molar-refractivity contribution >= 4 is 24.8 Å². The van der Waals surface area contributed by atoms with Gasteiger partial charge in [0.2, 0.25) is 0 Å². The number of rotatable bonds is 0. The van der Waals surface area contributed by atoms with Crippen molar-refractivity contribution in [1.29, 1.82) is 5.41 Å². The summed E-state index contributed by atoms with van der Waals surface area (Å²) in [5, 5.41) is 6.06. The number of nitrogens with two attached hydrogens (primary N) is 2. The van der Waals surface area contributed by atoms with Gasteiger partial charge in [-0.3, -0.25) is 5.41 Å². The van der Waals surface area contributed by atoms with E-state index in [0.29, 0.717) is 0 Å². The van der Waals surface area contributed by atoms with E-state index in [1.54, 1.807) is 0 Å². The molecule has 0 bridgehead atoms. The quantitative estimate of drug-likeness (QED) is 0.182. The normalized spacial score (nSPS) is 4.80. The molecule has 0 aromatic heterocycles. The van der Waals surface area contributed by atoms with Crippen molar-refractivity contribution in [1.82, 2.24) is 0 Å². The summed E-state index contributed by atoms with van der Waals surface area (Å²) in [7, 11) is 0. The fourth-order valence-corrected chi connectivity index (χ4v) is 0. The third kappa shape index (κ3) is 767. The maximum atomic E-state index is 6.06. The van der Waals surface area contributed by atoms with Gasteiger partial charge in [-0.1, -0.05) is 0 Å². The largest absolute Gasteiger partial charge is 0.370 e. The van der Waals surface area contributed by atoms with Gasteiger partial charge in [-0.2, -0.15) is 0 Å². The van der Waals surface area contributed by atoms with E-state index in [1.165, 1.54) is 0 Å². The van der Waals surface area contributed by atoms with Gasteiger partial charge in [0.15, 0.2) is 5.96 Å². The van der Waals surface area contributed by atoms with E-state index in [0.717, 1.165) is 0 Å². The molecule has 0 saturated carbocycles. The fraction of sp³-hybridized carbons (Fsp3) is 0. The zero-order valence-corrected chi connectivity index (χ0v) is 3.15. The third-order valence-corrected chi connectivity index (χ3v) is 0. The standard InChI is InChI=1S/CH5N3.Li/c2-1(3)4;/h(H5,2,3,4);. The first-order chi connectivity index (χ1) is 1.73. The second kappa shape index (κ2) is 3.87. The first kappa shape index (κ1) is 8.85. The molecule has 25 valence electrons. The molecular formula is CH5LiN3. The van der Waals surface area contributed by atoms with E-state index in [4.69, 9.17) is 5.41 Å². The molecule has 1 radical (unpaired) electrons. The molecule has 0 unspecified atom stereocenters. The van der Waals surface area contributed by atoms with Gasteiger partial charge in [-0.15, -0.1) is 0 Å². The van der Waals surface area contributed by atoms with Gasteiger partial charge >= 0.3 is 0 Å². The summed E-state index contributed by atoms with van der Waals surface area (Å²) in [5.74, 6) is -0.333. The first-order valence-corrected chi connectivity index (χ1v) is 0.827. The van der Waals surface area contributed by atoms with E-state index >= 15 is 0 Å². The molecule has 4 heteroatoms. The molecule has 5 heavy (non-hydrogen) atoms. The number of guanidine groups is 1. The van der Waals surface area contributed by atoms with Crippen LogP contribution in [0.1, 0.15) is 0 Å². The van der Waals surface area contributed by atoms with Crippen molar-refractivity contribution in [2.75, 3.05) is 0 Å². The Morgan fingerprint density at radius 3 is 1.40 bits per heavy atom. The van der Waals surface area contributed by atoms with Crippen LogP contribution in [0.15, 0.2) is 0 Å². The Labute approximate surface area is 42.4 Å². The summed E-state index contributed by atoms with van der Waals surface area (Å²) < 4.78 is 0. The summed E-state index contributed by atoms with van der Waals surface area (Å²) in [6.07, 6.45) is 0. The molecular weight excluding hydrogens is 61.0 g/mol. The molecule has 0 rings (SSSR count). The van der Waals surface area contributed by atoms with Crippen molar-refractivity contribution in [3.05, 3.63) is 0 Å². The van der Waals surface area contributed by atoms with Crippen LogP contribution >= 0.6 is 0 Å². The molecule has 0 aliphatic heterocycles. The third-order valence-electron chi connectivity index (χ3n) is 0. The van der Waals surface area contributed by atoms with Crippen molar-refractivity contribution in [3.63, 3.8) is 0 Å². The topological polar surface area (TPSA) is 75.9 Å². The Kier molecular flexibility index (Phi) is 6.85. The number of nitrogens with one attached hydrogen (secondary N) is 1. The SMILES string of the molecule is N=C(N)N.[Li]. The van der Waals surface area contributed by atoms with Gasteiger partial charge in [0.25, 0.3) is 0 Å². The molecule has 0 heterocycles. The fourth-order valence-electron chi connectivity index (χ4n) is 0. The van der Waals surface area contributed by atoms with Crippen LogP contribution in [0.2, 0.25) is 0 Å². The Balaban J connectivity index is 0. The second-order valence-corrected chi connectivity index (χ2v) is 0.455. The second-order valence-electron chi connectivity index (χ2n) is 0.455. The van der Waals surface area contributed by atoms with Crippen LogP contribution in [0.3, 0.4) is 0 Å². The van der Waals surface area contributed by atoms with E-state index in [-0.39, 0.29) is 24.8 Å². The predicted molar refractivity (Wildman–Crippen MR) is 21.9 cm³/mol. The summed E-state index contributed by atoms with van der Waals surface area (Å²) in [4.78, 5) is 0. The summed E-state index contributed by atoms with van der Waals surface area (Å²) in [6, 6.07) is 0. The van der Waals surface area contributed by atoms with Gasteiger partial charge < -0.3 is 11.5 Å². The predicted octanol–water partition coefficient (Wildman–Crippen LogP) is -1.54. The van der Waals surface area contributed by atoms with Crippen LogP contribution in [0.25, 0.3) is 0 Å². The van der Waals surface area contributed by atoms with Gasteiger partial charge in [0.05, 0.1) is 0 Å². The van der Waals surface area contributed by atoms with Gasteiger partial charge in [0.1, 0.15) is 0 Å². The first-order valence-electron chi connectivity index (χ1n) is 0.827. The maximum Gasteiger partial charge on any atom is 0.183 e. The van der Waals surface area contributed by atoms with E-state index in [9.17, 15) is 0 Å². The summed E-state index contributed by atoms with van der Waals surface area (Å²) in [6.45, 7) is 0. The summed E-state index contributed by atoms with van der Waals surface area (Å²) in [5.41, 5.74) is 8.94. The van der Waals surface area contributed by atoms with E-state index in [1.807, 2.05) is 0 Å². The van der Waals surface area contributed by atoms with E-state index in [2.05, 4.69) is 11.5 Å². The molecule has 0 aromatic rings. The van der Waals surface area contributed by atoms with Crippen LogP contribution in [0, 0.1) is 5.41 Å². The molecule has 0 aliphatic rings. The molecule has 0 amide bonds. The minimum Gasteiger partial charge on any atom is -0.370 e. The minimum atomic E-state index is -0.333. The molecule has 0 fully saturated rings.